The van der Waals surface area contributed by atoms with Gasteiger partial charge in [0.2, 0.25) is 5.89 Å². The first-order chi connectivity index (χ1) is 9.28. The number of nitrogens with zero attached hydrogens (tertiary/aromatic N) is 2. The van der Waals surface area contributed by atoms with Gasteiger partial charge in [0, 0.05) is 19.6 Å². The average molecular weight is 261 g/mol. The van der Waals surface area contributed by atoms with Gasteiger partial charge in [0.25, 0.3) is 0 Å². The van der Waals surface area contributed by atoms with Crippen molar-refractivity contribution < 1.29 is 9.63 Å². The van der Waals surface area contributed by atoms with Gasteiger partial charge < -0.3 is 14.9 Å². The molecule has 1 aromatic carbocycles. The Morgan fingerprint density at radius 2 is 2.11 bits per heavy atom. The molecule has 0 aliphatic heterocycles. The molecule has 5 heteroatoms. The standard InChI is InChI=1S/C14H19N3O2/c1-11(10-18)8-15-9-14-16-13(17-19-14)7-12-5-3-2-4-6-12/h2-6,11,15,18H,7-10H2,1H3. The van der Waals surface area contributed by atoms with Crippen LogP contribution in [0.15, 0.2) is 34.9 Å². The van der Waals surface area contributed by atoms with Gasteiger partial charge in [-0.15, -0.1) is 0 Å². The van der Waals surface area contributed by atoms with Crippen molar-refractivity contribution in [1.82, 2.24) is 15.5 Å². The molecule has 5 nitrogen and oxygen atoms in total. The summed E-state index contributed by atoms with van der Waals surface area (Å²) >= 11 is 0. The molecule has 0 fully saturated rings. The first-order valence-corrected chi connectivity index (χ1v) is 6.45. The van der Waals surface area contributed by atoms with Crippen molar-refractivity contribution in [3.63, 3.8) is 0 Å². The van der Waals surface area contributed by atoms with Gasteiger partial charge in [-0.05, 0) is 11.5 Å². The molecule has 0 saturated heterocycles. The van der Waals surface area contributed by atoms with Gasteiger partial charge in [0.15, 0.2) is 5.82 Å². The van der Waals surface area contributed by atoms with Crippen LogP contribution in [0.4, 0.5) is 0 Å². The van der Waals surface area contributed by atoms with Gasteiger partial charge in [-0.1, -0.05) is 42.4 Å². The highest BCUT2D eigenvalue weighted by molar-refractivity contribution is 5.18. The molecule has 2 N–H and O–H groups in total. The predicted molar refractivity (Wildman–Crippen MR) is 71.5 cm³/mol. The Morgan fingerprint density at radius 3 is 2.84 bits per heavy atom. The third-order valence-electron chi connectivity index (χ3n) is 2.80. The van der Waals surface area contributed by atoms with Crippen molar-refractivity contribution in [2.75, 3.05) is 13.2 Å². The van der Waals surface area contributed by atoms with E-state index in [4.69, 9.17) is 9.63 Å². The molecule has 1 unspecified atom stereocenters. The Morgan fingerprint density at radius 1 is 1.32 bits per heavy atom. The Bertz CT molecular complexity index is 484. The quantitative estimate of drug-likeness (QED) is 0.788. The Balaban J connectivity index is 1.82. The zero-order chi connectivity index (χ0) is 13.5. The van der Waals surface area contributed by atoms with Crippen LogP contribution in [0.3, 0.4) is 0 Å². The summed E-state index contributed by atoms with van der Waals surface area (Å²) in [6, 6.07) is 10.0. The fraction of sp³-hybridized carbons (Fsp3) is 0.429. The van der Waals surface area contributed by atoms with E-state index in [2.05, 4.69) is 15.5 Å². The molecule has 0 saturated carbocycles. The highest BCUT2D eigenvalue weighted by atomic mass is 16.5. The van der Waals surface area contributed by atoms with Crippen LogP contribution in [0, 0.1) is 5.92 Å². The van der Waals surface area contributed by atoms with Gasteiger partial charge >= 0.3 is 0 Å². The van der Waals surface area contributed by atoms with Crippen molar-refractivity contribution in [2.45, 2.75) is 19.9 Å². The zero-order valence-electron chi connectivity index (χ0n) is 11.0. The summed E-state index contributed by atoms with van der Waals surface area (Å²) in [6.07, 6.45) is 0.678. The molecule has 0 aliphatic rings. The minimum Gasteiger partial charge on any atom is -0.396 e. The van der Waals surface area contributed by atoms with E-state index in [9.17, 15) is 0 Å². The molecule has 0 amide bonds. The summed E-state index contributed by atoms with van der Waals surface area (Å²) in [5, 5.41) is 16.0. The normalized spacial score (nSPS) is 12.5. The zero-order valence-corrected chi connectivity index (χ0v) is 11.0. The molecule has 2 aromatic rings. The highest BCUT2D eigenvalue weighted by Crippen LogP contribution is 2.06. The Hall–Kier alpha value is -1.72. The molecule has 0 aliphatic carbocycles. The number of aromatic nitrogens is 2. The minimum atomic E-state index is 0.177. The predicted octanol–water partition coefficient (Wildman–Crippen LogP) is 1.38. The number of hydrogen-bond acceptors (Lipinski definition) is 5. The fourth-order valence-electron chi connectivity index (χ4n) is 1.70. The lowest BCUT2D eigenvalue weighted by atomic mass is 10.1. The number of rotatable bonds is 7. The van der Waals surface area contributed by atoms with Gasteiger partial charge in [-0.25, -0.2) is 0 Å². The van der Waals surface area contributed by atoms with Gasteiger partial charge in [-0.3, -0.25) is 0 Å². The van der Waals surface area contributed by atoms with Crippen LogP contribution in [-0.4, -0.2) is 28.4 Å². The SMILES string of the molecule is CC(CO)CNCc1nc(Cc2ccccc2)no1. The van der Waals surface area contributed by atoms with Crippen LogP contribution >= 0.6 is 0 Å². The number of aliphatic hydroxyl groups excluding tert-OH is 1. The maximum atomic E-state index is 8.91. The Kier molecular flexibility index (Phi) is 5.06. The minimum absolute atomic E-state index is 0.177. The Labute approximate surface area is 112 Å². The molecule has 2 rings (SSSR count). The topological polar surface area (TPSA) is 71.2 Å². The average Bonchev–Trinajstić information content (AvgIpc) is 2.87. The smallest absolute Gasteiger partial charge is 0.240 e. The summed E-state index contributed by atoms with van der Waals surface area (Å²) in [5.74, 6) is 1.50. The first-order valence-electron chi connectivity index (χ1n) is 6.45. The van der Waals surface area contributed by atoms with E-state index in [-0.39, 0.29) is 12.5 Å². The van der Waals surface area contributed by atoms with E-state index in [0.717, 1.165) is 12.1 Å². The second-order valence-corrected chi connectivity index (χ2v) is 4.69. The van der Waals surface area contributed by atoms with E-state index in [1.807, 2.05) is 37.3 Å². The van der Waals surface area contributed by atoms with E-state index in [1.165, 1.54) is 0 Å². The summed E-state index contributed by atoms with van der Waals surface area (Å²) in [7, 11) is 0. The molecule has 0 spiro atoms. The molecule has 0 radical (unpaired) electrons. The van der Waals surface area contributed by atoms with Crippen LogP contribution in [0.5, 0.6) is 0 Å². The molecule has 1 heterocycles. The second-order valence-electron chi connectivity index (χ2n) is 4.69. The second kappa shape index (κ2) is 7.01. The largest absolute Gasteiger partial charge is 0.396 e. The fourth-order valence-corrected chi connectivity index (χ4v) is 1.70. The number of benzene rings is 1. The van der Waals surface area contributed by atoms with E-state index >= 15 is 0 Å². The summed E-state index contributed by atoms with van der Waals surface area (Å²) < 4.78 is 5.17. The van der Waals surface area contributed by atoms with Crippen molar-refractivity contribution in [3.05, 3.63) is 47.6 Å². The van der Waals surface area contributed by atoms with E-state index in [1.54, 1.807) is 0 Å². The molecular formula is C14H19N3O2. The van der Waals surface area contributed by atoms with Crippen molar-refractivity contribution in [2.24, 2.45) is 5.92 Å². The highest BCUT2D eigenvalue weighted by Gasteiger charge is 2.07. The molecule has 1 atom stereocenters. The maximum Gasteiger partial charge on any atom is 0.240 e. The molecule has 1 aromatic heterocycles. The van der Waals surface area contributed by atoms with Gasteiger partial charge in [-0.2, -0.15) is 4.98 Å². The lowest BCUT2D eigenvalue weighted by molar-refractivity contribution is 0.231. The molecular weight excluding hydrogens is 242 g/mol. The number of hydrogen-bond donors (Lipinski definition) is 2. The van der Waals surface area contributed by atoms with Crippen LogP contribution in [0.25, 0.3) is 0 Å². The lowest BCUT2D eigenvalue weighted by Gasteiger charge is -2.06. The molecule has 19 heavy (non-hydrogen) atoms. The lowest BCUT2D eigenvalue weighted by Crippen LogP contribution is -2.22. The monoisotopic (exact) mass is 261 g/mol. The van der Waals surface area contributed by atoms with Crippen LogP contribution in [0.1, 0.15) is 24.2 Å². The van der Waals surface area contributed by atoms with Crippen LogP contribution < -0.4 is 5.32 Å². The third kappa shape index (κ3) is 4.46. The summed E-state index contributed by atoms with van der Waals surface area (Å²) in [6.45, 7) is 3.41. The van der Waals surface area contributed by atoms with Crippen molar-refractivity contribution >= 4 is 0 Å². The van der Waals surface area contributed by atoms with Crippen LogP contribution in [-0.2, 0) is 13.0 Å². The summed E-state index contributed by atoms with van der Waals surface area (Å²) in [4.78, 5) is 4.33. The number of aliphatic hydroxyl groups is 1. The number of nitrogens with one attached hydrogen (secondary N) is 1. The van der Waals surface area contributed by atoms with Crippen molar-refractivity contribution in [1.29, 1.82) is 0 Å². The first kappa shape index (κ1) is 13.7. The van der Waals surface area contributed by atoms with E-state index < -0.39 is 0 Å². The maximum absolute atomic E-state index is 8.91. The summed E-state index contributed by atoms with van der Waals surface area (Å²) in [5.41, 5.74) is 1.16. The van der Waals surface area contributed by atoms with Crippen molar-refractivity contribution in [3.8, 4) is 0 Å². The van der Waals surface area contributed by atoms with Gasteiger partial charge in [0.1, 0.15) is 0 Å². The van der Waals surface area contributed by atoms with Gasteiger partial charge in [0.05, 0.1) is 6.54 Å². The van der Waals surface area contributed by atoms with Crippen LogP contribution in [0.2, 0.25) is 0 Å². The van der Waals surface area contributed by atoms with E-state index in [0.29, 0.717) is 24.7 Å². The molecule has 102 valence electrons. The molecule has 0 bridgehead atoms. The third-order valence-corrected chi connectivity index (χ3v) is 2.80.